The third-order valence-corrected chi connectivity index (χ3v) is 8.02. The Morgan fingerprint density at radius 3 is 2.32 bits per heavy atom. The molecule has 208 valence electrons. The molecule has 0 bridgehead atoms. The monoisotopic (exact) mass is 564 g/mol. The summed E-state index contributed by atoms with van der Waals surface area (Å²) in [7, 11) is 0. The number of aryl methyl sites for hydroxylation is 1. The third-order valence-electron chi connectivity index (χ3n) is 7.77. The van der Waals surface area contributed by atoms with E-state index in [-0.39, 0.29) is 17.7 Å². The Hall–Kier alpha value is -4.22. The van der Waals surface area contributed by atoms with Crippen molar-refractivity contribution in [2.24, 2.45) is 0 Å². The number of carbonyl (C=O) groups excluding carboxylic acids is 1. The predicted molar refractivity (Wildman–Crippen MR) is 165 cm³/mol. The number of hydrogen-bond donors (Lipinski definition) is 2. The van der Waals surface area contributed by atoms with Gasteiger partial charge in [-0.25, -0.2) is 0 Å². The number of ether oxygens (including phenoxy) is 2. The fourth-order valence-corrected chi connectivity index (χ4v) is 5.78. The highest BCUT2D eigenvalue weighted by molar-refractivity contribution is 6.30. The van der Waals surface area contributed by atoms with E-state index in [4.69, 9.17) is 21.1 Å². The summed E-state index contributed by atoms with van der Waals surface area (Å²) in [6.45, 7) is 4.93. The second kappa shape index (κ2) is 11.7. The van der Waals surface area contributed by atoms with E-state index in [9.17, 15) is 4.79 Å². The molecule has 0 radical (unpaired) electrons. The topological polar surface area (TPSA) is 59.6 Å². The molecule has 6 rings (SSSR count). The number of anilines is 2. The van der Waals surface area contributed by atoms with Crippen molar-refractivity contribution in [1.82, 2.24) is 0 Å². The molecule has 4 aromatic rings. The molecule has 1 heterocycles. The summed E-state index contributed by atoms with van der Waals surface area (Å²) in [5, 5.41) is 7.99. The number of rotatable bonds is 7. The SMILES string of the molecule is CCOc1cc(C2Nc3ccccc3NC3=C2C(=O)CC(c2ccc(C)cc2)C3)ccc1OCc1ccc(Cl)cc1. The molecule has 6 heteroatoms. The molecule has 4 aromatic carbocycles. The van der Waals surface area contributed by atoms with Gasteiger partial charge in [0.1, 0.15) is 6.61 Å². The van der Waals surface area contributed by atoms with Crippen LogP contribution in [0.3, 0.4) is 0 Å². The van der Waals surface area contributed by atoms with Gasteiger partial charge in [0.05, 0.1) is 24.0 Å². The number of fused-ring (bicyclic) bond motifs is 1. The average molecular weight is 565 g/mol. The first-order chi connectivity index (χ1) is 20.0. The minimum atomic E-state index is -0.336. The van der Waals surface area contributed by atoms with Crippen LogP contribution in [0.15, 0.2) is 102 Å². The summed E-state index contributed by atoms with van der Waals surface area (Å²) < 4.78 is 12.2. The van der Waals surface area contributed by atoms with Crippen LogP contribution in [0.4, 0.5) is 11.4 Å². The molecule has 0 saturated carbocycles. The molecular formula is C35H33ClN2O3. The van der Waals surface area contributed by atoms with Crippen LogP contribution in [0.2, 0.25) is 5.02 Å². The molecule has 2 N–H and O–H groups in total. The van der Waals surface area contributed by atoms with Crippen molar-refractivity contribution in [1.29, 1.82) is 0 Å². The Balaban J connectivity index is 1.36. The highest BCUT2D eigenvalue weighted by Gasteiger charge is 2.36. The number of halogens is 1. The van der Waals surface area contributed by atoms with Crippen LogP contribution in [0.1, 0.15) is 54.0 Å². The predicted octanol–water partition coefficient (Wildman–Crippen LogP) is 8.61. The van der Waals surface area contributed by atoms with Gasteiger partial charge >= 0.3 is 0 Å². The van der Waals surface area contributed by atoms with Crippen molar-refractivity contribution in [3.8, 4) is 11.5 Å². The third kappa shape index (κ3) is 5.82. The van der Waals surface area contributed by atoms with Gasteiger partial charge in [0.25, 0.3) is 0 Å². The van der Waals surface area contributed by atoms with E-state index in [0.29, 0.717) is 36.2 Å². The summed E-state index contributed by atoms with van der Waals surface area (Å²) in [4.78, 5) is 13.9. The second-order valence-electron chi connectivity index (χ2n) is 10.6. The van der Waals surface area contributed by atoms with Gasteiger partial charge in [0, 0.05) is 22.7 Å². The van der Waals surface area contributed by atoms with E-state index in [1.807, 2.05) is 67.6 Å². The summed E-state index contributed by atoms with van der Waals surface area (Å²) in [5.41, 5.74) is 8.03. The lowest BCUT2D eigenvalue weighted by Gasteiger charge is -2.30. The number of allylic oxidation sites excluding steroid dienone is 1. The fraction of sp³-hybridized carbons (Fsp3) is 0.229. The molecule has 2 aliphatic rings. The van der Waals surface area contributed by atoms with E-state index in [0.717, 1.165) is 40.2 Å². The van der Waals surface area contributed by atoms with Gasteiger partial charge in [-0.3, -0.25) is 4.79 Å². The van der Waals surface area contributed by atoms with Gasteiger partial charge in [0.15, 0.2) is 17.3 Å². The van der Waals surface area contributed by atoms with Crippen molar-refractivity contribution in [3.05, 3.63) is 130 Å². The molecule has 0 saturated heterocycles. The Labute approximate surface area is 246 Å². The summed E-state index contributed by atoms with van der Waals surface area (Å²) in [6, 6.07) is 29.9. The van der Waals surface area contributed by atoms with Crippen molar-refractivity contribution < 1.29 is 14.3 Å². The maximum atomic E-state index is 13.9. The zero-order chi connectivity index (χ0) is 28.3. The van der Waals surface area contributed by atoms with E-state index in [1.54, 1.807) is 0 Å². The molecule has 0 aromatic heterocycles. The largest absolute Gasteiger partial charge is 0.490 e. The second-order valence-corrected chi connectivity index (χ2v) is 11.1. The maximum Gasteiger partial charge on any atom is 0.163 e. The van der Waals surface area contributed by atoms with E-state index in [2.05, 4.69) is 47.9 Å². The molecule has 5 nitrogen and oxygen atoms in total. The molecule has 1 aliphatic heterocycles. The van der Waals surface area contributed by atoms with Crippen LogP contribution in [-0.2, 0) is 11.4 Å². The first-order valence-corrected chi connectivity index (χ1v) is 14.5. The van der Waals surface area contributed by atoms with Gasteiger partial charge in [-0.2, -0.15) is 0 Å². The molecule has 1 aliphatic carbocycles. The zero-order valence-electron chi connectivity index (χ0n) is 23.2. The number of carbonyl (C=O) groups is 1. The number of hydrogen-bond acceptors (Lipinski definition) is 5. The minimum Gasteiger partial charge on any atom is -0.490 e. The Morgan fingerprint density at radius 1 is 0.829 bits per heavy atom. The van der Waals surface area contributed by atoms with E-state index < -0.39 is 0 Å². The van der Waals surface area contributed by atoms with Gasteiger partial charge in [0.2, 0.25) is 0 Å². The van der Waals surface area contributed by atoms with Crippen LogP contribution in [-0.4, -0.2) is 12.4 Å². The first-order valence-electron chi connectivity index (χ1n) is 14.1. The molecule has 0 spiro atoms. The van der Waals surface area contributed by atoms with Gasteiger partial charge in [-0.05, 0) is 79.3 Å². The van der Waals surface area contributed by atoms with Crippen molar-refractivity contribution >= 4 is 28.8 Å². The number of benzene rings is 4. The lowest BCUT2D eigenvalue weighted by atomic mass is 9.78. The molecule has 0 fully saturated rings. The number of nitrogens with one attached hydrogen (secondary N) is 2. The van der Waals surface area contributed by atoms with Crippen LogP contribution in [0.25, 0.3) is 0 Å². The highest BCUT2D eigenvalue weighted by Crippen LogP contribution is 2.45. The van der Waals surface area contributed by atoms with Gasteiger partial charge < -0.3 is 20.1 Å². The summed E-state index contributed by atoms with van der Waals surface area (Å²) >= 11 is 6.03. The average Bonchev–Trinajstić information content (AvgIpc) is 3.15. The van der Waals surface area contributed by atoms with E-state index in [1.165, 1.54) is 11.1 Å². The van der Waals surface area contributed by atoms with Gasteiger partial charge in [-0.15, -0.1) is 0 Å². The normalized spacial score (nSPS) is 18.0. The highest BCUT2D eigenvalue weighted by atomic mass is 35.5. The maximum absolute atomic E-state index is 13.9. The molecule has 2 unspecified atom stereocenters. The Kier molecular flexibility index (Phi) is 7.71. The van der Waals surface area contributed by atoms with Crippen LogP contribution in [0, 0.1) is 6.92 Å². The first kappa shape index (κ1) is 27.0. The van der Waals surface area contributed by atoms with E-state index >= 15 is 0 Å². The quantitative estimate of drug-likeness (QED) is 0.235. The van der Waals surface area contributed by atoms with Crippen molar-refractivity contribution in [3.63, 3.8) is 0 Å². The minimum absolute atomic E-state index is 0.128. The number of para-hydroxylation sites is 2. The van der Waals surface area contributed by atoms with Gasteiger partial charge in [-0.1, -0.05) is 71.8 Å². The fourth-order valence-electron chi connectivity index (χ4n) is 5.65. The number of Topliss-reactive ketones (excluding diaryl/α,β-unsaturated/α-hetero) is 1. The Bertz CT molecular complexity index is 1600. The van der Waals surface area contributed by atoms with Crippen molar-refractivity contribution in [2.75, 3.05) is 17.2 Å². The summed E-state index contributed by atoms with van der Waals surface area (Å²) in [6.07, 6.45) is 1.23. The molecule has 41 heavy (non-hydrogen) atoms. The van der Waals surface area contributed by atoms with Crippen LogP contribution < -0.4 is 20.1 Å². The standard InChI is InChI=1S/C35H33ClN2O3/c1-3-40-33-20-25(14-17-32(33)41-21-23-10-15-27(36)16-11-23)35-34-30(37-28-6-4-5-7-29(28)38-35)18-26(19-31(34)39)24-12-8-22(2)9-13-24/h4-17,20,26,35,37-38H,3,18-19,21H2,1-2H3. The smallest absolute Gasteiger partial charge is 0.163 e. The summed E-state index contributed by atoms with van der Waals surface area (Å²) in [5.74, 6) is 1.58. The molecule has 2 atom stereocenters. The van der Waals surface area contributed by atoms with Crippen LogP contribution in [0.5, 0.6) is 11.5 Å². The molecular weight excluding hydrogens is 532 g/mol. The number of ketones is 1. The lowest BCUT2D eigenvalue weighted by molar-refractivity contribution is -0.116. The lowest BCUT2D eigenvalue weighted by Crippen LogP contribution is -2.27. The Morgan fingerprint density at radius 2 is 1.56 bits per heavy atom. The van der Waals surface area contributed by atoms with Crippen LogP contribution >= 0.6 is 11.6 Å². The zero-order valence-corrected chi connectivity index (χ0v) is 24.0. The van der Waals surface area contributed by atoms with Crippen molar-refractivity contribution in [2.45, 2.75) is 45.3 Å². The molecule has 0 amide bonds.